The first-order chi connectivity index (χ1) is 21.4. The summed E-state index contributed by atoms with van der Waals surface area (Å²) in [6.45, 7) is 10.4. The lowest BCUT2D eigenvalue weighted by Crippen LogP contribution is -2.55. The fourth-order valence-corrected chi connectivity index (χ4v) is 6.45. The first-order valence-corrected chi connectivity index (χ1v) is 17.7. The van der Waals surface area contributed by atoms with Crippen LogP contribution in [0.4, 0.5) is 5.69 Å². The average Bonchev–Trinajstić information content (AvgIpc) is 3.05. The summed E-state index contributed by atoms with van der Waals surface area (Å²) >= 11 is 1.91. The van der Waals surface area contributed by atoms with Crippen LogP contribution in [0.25, 0.3) is 6.08 Å². The third-order valence-electron chi connectivity index (χ3n) is 8.84. The average molecular weight is 604 g/mol. The van der Waals surface area contributed by atoms with Crippen molar-refractivity contribution in [3.8, 4) is 11.8 Å². The van der Waals surface area contributed by atoms with Crippen LogP contribution >= 0.6 is 11.8 Å². The Hall–Kier alpha value is -3.48. The molecule has 0 aliphatic carbocycles. The van der Waals surface area contributed by atoms with Crippen LogP contribution in [-0.4, -0.2) is 17.9 Å². The maximum absolute atomic E-state index is 13.8. The number of amides is 1. The van der Waals surface area contributed by atoms with Crippen molar-refractivity contribution in [1.82, 2.24) is 0 Å². The van der Waals surface area contributed by atoms with Crippen LogP contribution in [-0.2, 0) is 4.79 Å². The lowest BCUT2D eigenvalue weighted by Gasteiger charge is -2.48. The highest BCUT2D eigenvalue weighted by Gasteiger charge is 2.48. The summed E-state index contributed by atoms with van der Waals surface area (Å²) < 4.78 is 0. The Labute approximate surface area is 271 Å². The first kappa shape index (κ1) is 33.4. The van der Waals surface area contributed by atoms with E-state index >= 15 is 0 Å². The fourth-order valence-electron chi connectivity index (χ4n) is 5.96. The summed E-state index contributed by atoms with van der Waals surface area (Å²) in [5.74, 6) is 8.85. The first-order valence-electron chi connectivity index (χ1n) is 16.3. The van der Waals surface area contributed by atoms with E-state index < -0.39 is 0 Å². The molecule has 0 saturated carbocycles. The number of unbranched alkanes of at least 4 members (excludes halogenated alkanes) is 2. The molecule has 230 valence electrons. The second kappa shape index (κ2) is 17.1. The summed E-state index contributed by atoms with van der Waals surface area (Å²) in [4.78, 5) is 15.8. The van der Waals surface area contributed by atoms with Gasteiger partial charge < -0.3 is 4.90 Å². The number of thioether (sulfide) groups is 1. The molecule has 1 aliphatic rings. The second-order valence-electron chi connectivity index (χ2n) is 12.2. The van der Waals surface area contributed by atoms with Crippen molar-refractivity contribution < 1.29 is 4.79 Å². The Morgan fingerprint density at radius 3 is 2.39 bits per heavy atom. The lowest BCUT2D eigenvalue weighted by atomic mass is 9.76. The van der Waals surface area contributed by atoms with Gasteiger partial charge in [-0.15, -0.1) is 6.58 Å². The smallest absolute Gasteiger partial charge is 0.233 e. The van der Waals surface area contributed by atoms with Crippen LogP contribution in [0, 0.1) is 30.6 Å². The van der Waals surface area contributed by atoms with Crippen molar-refractivity contribution >= 4 is 29.4 Å². The molecule has 4 atom stereocenters. The molecule has 1 amide bonds. The van der Waals surface area contributed by atoms with Crippen molar-refractivity contribution in [3.63, 3.8) is 0 Å². The molecule has 0 bridgehead atoms. The van der Waals surface area contributed by atoms with Gasteiger partial charge in [0.2, 0.25) is 5.91 Å². The molecule has 44 heavy (non-hydrogen) atoms. The molecule has 0 spiro atoms. The van der Waals surface area contributed by atoms with Gasteiger partial charge >= 0.3 is 0 Å². The van der Waals surface area contributed by atoms with E-state index in [1.165, 1.54) is 40.8 Å². The minimum atomic E-state index is -0.0271. The van der Waals surface area contributed by atoms with E-state index in [-0.39, 0.29) is 17.9 Å². The normalized spacial score (nSPS) is 17.5. The van der Waals surface area contributed by atoms with E-state index in [0.29, 0.717) is 11.8 Å². The monoisotopic (exact) mass is 603 g/mol. The van der Waals surface area contributed by atoms with Crippen molar-refractivity contribution in [2.75, 3.05) is 16.9 Å². The lowest BCUT2D eigenvalue weighted by molar-refractivity contribution is -0.130. The molecule has 4 rings (SSSR count). The molecule has 3 heteroatoms. The topological polar surface area (TPSA) is 20.3 Å². The molecule has 0 aromatic heterocycles. The summed E-state index contributed by atoms with van der Waals surface area (Å²) in [5, 5.41) is 0. The number of carbonyl (C=O) groups excluding carboxylic acids is 1. The Morgan fingerprint density at radius 1 is 1.00 bits per heavy atom. The number of anilines is 1. The van der Waals surface area contributed by atoms with Gasteiger partial charge in [0.1, 0.15) is 0 Å². The van der Waals surface area contributed by atoms with Gasteiger partial charge in [0.15, 0.2) is 0 Å². The molecule has 0 N–H and O–H groups in total. The Balaban J connectivity index is 1.51. The van der Waals surface area contributed by atoms with E-state index in [4.69, 9.17) is 0 Å². The standard InChI is InChI=1S/C41H49NOS/c1-6-31(3)13-12-15-34-18-24-37(25-19-34)40-39(29-26-35(7-2)36-22-16-32(4)17-23-36)41(43)42(40)38-27-20-33(21-28-38)14-10-8-9-11-30-44-5/h6,10,14,16-25,27-28,31,35,39-40H,1,7-9,11,13,26,29-30H2,2-5H3/b14-10+/t31?,35?,39-,40?/m1/s1. The number of carbonyl (C=O) groups is 1. The SMILES string of the molecule is C=CC(C)CC#Cc1ccc(C2[C@@H](CCC(CC)c3ccc(C)cc3)C(=O)N2c2ccc(/C=C/CCCCSC)cc2)cc1. The molecular weight excluding hydrogens is 555 g/mol. The summed E-state index contributed by atoms with van der Waals surface area (Å²) in [5.41, 5.74) is 6.99. The number of benzene rings is 3. The zero-order chi connectivity index (χ0) is 31.3. The van der Waals surface area contributed by atoms with E-state index in [1.54, 1.807) is 0 Å². The van der Waals surface area contributed by atoms with Gasteiger partial charge in [-0.25, -0.2) is 0 Å². The molecule has 3 aromatic carbocycles. The van der Waals surface area contributed by atoms with E-state index in [1.807, 2.05) is 22.7 Å². The number of hydrogen-bond donors (Lipinski definition) is 0. The van der Waals surface area contributed by atoms with Crippen LogP contribution in [0.3, 0.4) is 0 Å². The van der Waals surface area contributed by atoms with E-state index in [0.717, 1.165) is 43.4 Å². The summed E-state index contributed by atoms with van der Waals surface area (Å²) in [6, 6.07) is 26.0. The van der Waals surface area contributed by atoms with Crippen molar-refractivity contribution in [3.05, 3.63) is 119 Å². The Kier molecular flexibility index (Phi) is 13.0. The van der Waals surface area contributed by atoms with Crippen molar-refractivity contribution in [2.24, 2.45) is 11.8 Å². The molecular formula is C41H49NOS. The molecule has 1 heterocycles. The van der Waals surface area contributed by atoms with Crippen LogP contribution in [0.2, 0.25) is 0 Å². The number of β-lactam (4-membered cyclic amide) rings is 1. The Morgan fingerprint density at radius 2 is 1.73 bits per heavy atom. The highest BCUT2D eigenvalue weighted by molar-refractivity contribution is 7.98. The molecule has 1 fully saturated rings. The zero-order valence-corrected chi connectivity index (χ0v) is 27.9. The third kappa shape index (κ3) is 9.02. The number of hydrogen-bond acceptors (Lipinski definition) is 2. The van der Waals surface area contributed by atoms with Gasteiger partial charge in [0.05, 0.1) is 12.0 Å². The fraction of sp³-hybridized carbons (Fsp3) is 0.390. The molecule has 2 nitrogen and oxygen atoms in total. The van der Waals surface area contributed by atoms with Gasteiger partial charge in [0.25, 0.3) is 0 Å². The van der Waals surface area contributed by atoms with Gasteiger partial charge in [-0.05, 0) is 110 Å². The number of aryl methyl sites for hydroxylation is 1. The van der Waals surface area contributed by atoms with Crippen LogP contribution < -0.4 is 4.90 Å². The number of rotatable bonds is 15. The van der Waals surface area contributed by atoms with Crippen LogP contribution in [0.15, 0.2) is 91.5 Å². The predicted octanol–water partition coefficient (Wildman–Crippen LogP) is 10.8. The van der Waals surface area contributed by atoms with Gasteiger partial charge in [-0.2, -0.15) is 11.8 Å². The predicted molar refractivity (Wildman–Crippen MR) is 192 cm³/mol. The highest BCUT2D eigenvalue weighted by atomic mass is 32.2. The highest BCUT2D eigenvalue weighted by Crippen LogP contribution is 2.46. The largest absolute Gasteiger partial charge is 0.304 e. The quantitative estimate of drug-likeness (QED) is 0.0745. The maximum atomic E-state index is 13.8. The molecule has 1 aliphatic heterocycles. The minimum absolute atomic E-state index is 0.0265. The summed E-state index contributed by atoms with van der Waals surface area (Å²) in [6.07, 6.45) is 15.9. The van der Waals surface area contributed by atoms with Crippen molar-refractivity contribution in [1.29, 1.82) is 0 Å². The third-order valence-corrected chi connectivity index (χ3v) is 9.54. The number of allylic oxidation sites excluding steroid dienone is 2. The minimum Gasteiger partial charge on any atom is -0.304 e. The van der Waals surface area contributed by atoms with Crippen LogP contribution in [0.5, 0.6) is 0 Å². The molecule has 0 radical (unpaired) electrons. The molecule has 1 saturated heterocycles. The van der Waals surface area contributed by atoms with Gasteiger partial charge in [-0.1, -0.05) is 98.0 Å². The zero-order valence-electron chi connectivity index (χ0n) is 27.1. The van der Waals surface area contributed by atoms with Crippen LogP contribution in [0.1, 0.15) is 98.6 Å². The van der Waals surface area contributed by atoms with Crippen molar-refractivity contribution in [2.45, 2.75) is 77.7 Å². The molecule has 3 unspecified atom stereocenters. The maximum Gasteiger partial charge on any atom is 0.233 e. The Bertz CT molecular complexity index is 1430. The number of nitrogens with zero attached hydrogens (tertiary/aromatic N) is 1. The summed E-state index contributed by atoms with van der Waals surface area (Å²) in [7, 11) is 0. The van der Waals surface area contributed by atoms with Gasteiger partial charge in [0, 0.05) is 17.7 Å². The molecule has 3 aromatic rings. The second-order valence-corrected chi connectivity index (χ2v) is 13.2. The van der Waals surface area contributed by atoms with E-state index in [9.17, 15) is 4.79 Å². The van der Waals surface area contributed by atoms with E-state index in [2.05, 4.69) is 130 Å². The van der Waals surface area contributed by atoms with Gasteiger partial charge in [-0.3, -0.25) is 4.79 Å².